The van der Waals surface area contributed by atoms with Crippen LogP contribution in [0, 0.1) is 0 Å². The van der Waals surface area contributed by atoms with Gasteiger partial charge in [0, 0.05) is 28.6 Å². The second kappa shape index (κ2) is 6.66. The number of carbonyl (C=O) groups is 1. The zero-order valence-corrected chi connectivity index (χ0v) is 11.6. The van der Waals surface area contributed by atoms with E-state index in [2.05, 4.69) is 5.32 Å². The number of nitrogens with two attached hydrogens (primary N) is 1. The molecule has 0 bridgehead atoms. The second-order valence-electron chi connectivity index (χ2n) is 4.98. The Bertz CT molecular complexity index is 413. The third-order valence-corrected chi connectivity index (χ3v) is 3.81. The van der Waals surface area contributed by atoms with Gasteiger partial charge in [0.2, 0.25) is 5.91 Å². The van der Waals surface area contributed by atoms with Crippen molar-refractivity contribution in [1.82, 2.24) is 5.32 Å². The summed E-state index contributed by atoms with van der Waals surface area (Å²) in [5.74, 6) is 0.126. The molecule has 0 radical (unpaired) electrons. The largest absolute Gasteiger partial charge is 0.351 e. The lowest BCUT2D eigenvalue weighted by atomic mass is 10.1. The SMILES string of the molecule is CC(C)(N)CS(=O)CC(=O)NCc1ccccc1. The molecule has 1 atom stereocenters. The first-order valence-corrected chi connectivity index (χ1v) is 7.30. The van der Waals surface area contributed by atoms with Crippen molar-refractivity contribution in [1.29, 1.82) is 0 Å². The lowest BCUT2D eigenvalue weighted by molar-refractivity contribution is -0.118. The van der Waals surface area contributed by atoms with E-state index in [1.807, 2.05) is 30.3 Å². The lowest BCUT2D eigenvalue weighted by Crippen LogP contribution is -2.40. The Balaban J connectivity index is 2.32. The fourth-order valence-electron chi connectivity index (χ4n) is 1.46. The van der Waals surface area contributed by atoms with E-state index in [1.165, 1.54) is 0 Å². The van der Waals surface area contributed by atoms with Gasteiger partial charge in [0.15, 0.2) is 0 Å². The summed E-state index contributed by atoms with van der Waals surface area (Å²) in [4.78, 5) is 11.6. The van der Waals surface area contributed by atoms with Gasteiger partial charge >= 0.3 is 0 Å². The summed E-state index contributed by atoms with van der Waals surface area (Å²) < 4.78 is 11.7. The smallest absolute Gasteiger partial charge is 0.232 e. The molecule has 3 N–H and O–H groups in total. The highest BCUT2D eigenvalue weighted by Crippen LogP contribution is 2.00. The molecule has 4 nitrogen and oxygen atoms in total. The van der Waals surface area contributed by atoms with E-state index in [9.17, 15) is 9.00 Å². The Morgan fingerprint density at radius 2 is 1.94 bits per heavy atom. The monoisotopic (exact) mass is 268 g/mol. The number of hydrogen-bond donors (Lipinski definition) is 2. The maximum absolute atomic E-state index is 11.7. The van der Waals surface area contributed by atoms with E-state index in [4.69, 9.17) is 5.73 Å². The topological polar surface area (TPSA) is 72.2 Å². The van der Waals surface area contributed by atoms with Crippen LogP contribution >= 0.6 is 0 Å². The van der Waals surface area contributed by atoms with E-state index in [0.717, 1.165) is 5.56 Å². The molecule has 0 aromatic heterocycles. The Labute approximate surface area is 110 Å². The van der Waals surface area contributed by atoms with Gasteiger partial charge in [-0.3, -0.25) is 9.00 Å². The molecule has 1 aromatic carbocycles. The molecule has 1 amide bonds. The molecule has 1 rings (SSSR count). The van der Waals surface area contributed by atoms with Gasteiger partial charge in [0.05, 0.1) is 0 Å². The van der Waals surface area contributed by atoms with E-state index >= 15 is 0 Å². The van der Waals surface area contributed by atoms with Gasteiger partial charge < -0.3 is 11.1 Å². The molecule has 0 saturated carbocycles. The van der Waals surface area contributed by atoms with Crippen LogP contribution in [-0.4, -0.2) is 27.2 Å². The summed E-state index contributed by atoms with van der Waals surface area (Å²) in [5.41, 5.74) is 6.27. The Morgan fingerprint density at radius 3 is 2.50 bits per heavy atom. The van der Waals surface area contributed by atoms with Crippen LogP contribution in [-0.2, 0) is 22.1 Å². The number of hydrogen-bond acceptors (Lipinski definition) is 3. The van der Waals surface area contributed by atoms with Crippen molar-refractivity contribution in [2.75, 3.05) is 11.5 Å². The molecule has 1 unspecified atom stereocenters. The molecule has 1 aromatic rings. The molecular formula is C13H20N2O2S. The zero-order valence-electron chi connectivity index (χ0n) is 10.8. The molecule has 0 saturated heterocycles. The molecular weight excluding hydrogens is 248 g/mol. The first-order chi connectivity index (χ1) is 8.37. The maximum atomic E-state index is 11.7. The van der Waals surface area contributed by atoms with Gasteiger partial charge in [0.25, 0.3) is 0 Å². The average Bonchev–Trinajstić information content (AvgIpc) is 2.25. The van der Waals surface area contributed by atoms with Gasteiger partial charge in [-0.15, -0.1) is 0 Å². The van der Waals surface area contributed by atoms with Crippen LogP contribution in [0.3, 0.4) is 0 Å². The molecule has 0 fully saturated rings. The van der Waals surface area contributed by atoms with Gasteiger partial charge in [-0.25, -0.2) is 0 Å². The summed E-state index contributed by atoms with van der Waals surface area (Å²) in [6, 6.07) is 9.61. The minimum atomic E-state index is -1.21. The predicted octanol–water partition coefficient (Wildman–Crippen LogP) is 0.789. The van der Waals surface area contributed by atoms with Crippen LogP contribution < -0.4 is 11.1 Å². The van der Waals surface area contributed by atoms with Gasteiger partial charge in [-0.05, 0) is 19.4 Å². The standard InChI is InChI=1S/C13H20N2O2S/c1-13(2,14)10-18(17)9-12(16)15-8-11-6-4-3-5-7-11/h3-7H,8-10,14H2,1-2H3,(H,15,16). The maximum Gasteiger partial charge on any atom is 0.232 e. The Hall–Kier alpha value is -1.20. The van der Waals surface area contributed by atoms with Crippen LogP contribution in [0.4, 0.5) is 0 Å². The van der Waals surface area contributed by atoms with Crippen LogP contribution in [0.5, 0.6) is 0 Å². The molecule has 0 aliphatic carbocycles. The molecule has 0 heterocycles. The van der Waals surface area contributed by atoms with Crippen molar-refractivity contribution in [3.8, 4) is 0 Å². The number of nitrogens with one attached hydrogen (secondary N) is 1. The van der Waals surface area contributed by atoms with Gasteiger partial charge in [-0.1, -0.05) is 30.3 Å². The lowest BCUT2D eigenvalue weighted by Gasteiger charge is -2.17. The zero-order chi connectivity index (χ0) is 13.6. The number of carbonyl (C=O) groups excluding carboxylic acids is 1. The summed E-state index contributed by atoms with van der Waals surface area (Å²) >= 11 is 0. The van der Waals surface area contributed by atoms with E-state index in [0.29, 0.717) is 12.3 Å². The Kier molecular flexibility index (Phi) is 5.50. The minimum absolute atomic E-state index is 0.00740. The van der Waals surface area contributed by atoms with Crippen molar-refractivity contribution in [2.24, 2.45) is 5.73 Å². The summed E-state index contributed by atoms with van der Waals surface area (Å²) in [7, 11) is -1.21. The molecule has 100 valence electrons. The highest BCUT2D eigenvalue weighted by molar-refractivity contribution is 7.85. The fraction of sp³-hybridized carbons (Fsp3) is 0.462. The van der Waals surface area contributed by atoms with Crippen LogP contribution in [0.2, 0.25) is 0 Å². The van der Waals surface area contributed by atoms with Crippen molar-refractivity contribution in [3.63, 3.8) is 0 Å². The third kappa shape index (κ3) is 6.51. The highest BCUT2D eigenvalue weighted by Gasteiger charge is 2.17. The molecule has 5 heteroatoms. The molecule has 0 aliphatic rings. The van der Waals surface area contributed by atoms with Crippen LogP contribution in [0.1, 0.15) is 19.4 Å². The summed E-state index contributed by atoms with van der Waals surface area (Å²) in [6.07, 6.45) is 0. The van der Waals surface area contributed by atoms with E-state index in [1.54, 1.807) is 13.8 Å². The molecule has 18 heavy (non-hydrogen) atoms. The molecule has 0 aliphatic heterocycles. The molecule has 0 spiro atoms. The van der Waals surface area contributed by atoms with Crippen molar-refractivity contribution in [3.05, 3.63) is 35.9 Å². The van der Waals surface area contributed by atoms with Gasteiger partial charge in [0.1, 0.15) is 5.75 Å². The van der Waals surface area contributed by atoms with Gasteiger partial charge in [-0.2, -0.15) is 0 Å². The third-order valence-electron chi connectivity index (χ3n) is 2.16. The highest BCUT2D eigenvalue weighted by atomic mass is 32.2. The first kappa shape index (κ1) is 14.9. The van der Waals surface area contributed by atoms with E-state index < -0.39 is 16.3 Å². The number of benzene rings is 1. The normalized spacial score (nSPS) is 13.1. The number of rotatable bonds is 6. The second-order valence-corrected chi connectivity index (χ2v) is 6.44. The van der Waals surface area contributed by atoms with Crippen LogP contribution in [0.25, 0.3) is 0 Å². The van der Waals surface area contributed by atoms with Crippen molar-refractivity contribution in [2.45, 2.75) is 25.9 Å². The fourth-order valence-corrected chi connectivity index (χ4v) is 2.79. The van der Waals surface area contributed by atoms with Crippen LogP contribution in [0.15, 0.2) is 30.3 Å². The van der Waals surface area contributed by atoms with Crippen molar-refractivity contribution < 1.29 is 9.00 Å². The minimum Gasteiger partial charge on any atom is -0.351 e. The number of amides is 1. The summed E-state index contributed by atoms with van der Waals surface area (Å²) in [6.45, 7) is 4.06. The quantitative estimate of drug-likeness (QED) is 0.801. The van der Waals surface area contributed by atoms with Crippen molar-refractivity contribution >= 4 is 16.7 Å². The van der Waals surface area contributed by atoms with E-state index in [-0.39, 0.29) is 11.7 Å². The average molecular weight is 268 g/mol. The Morgan fingerprint density at radius 1 is 1.33 bits per heavy atom. The summed E-state index contributed by atoms with van der Waals surface area (Å²) in [5, 5.41) is 2.74. The predicted molar refractivity (Wildman–Crippen MR) is 74.4 cm³/mol. The first-order valence-electron chi connectivity index (χ1n) is 5.81.